The molecule has 0 aliphatic carbocycles. The highest BCUT2D eigenvalue weighted by atomic mass is 32.7. The van der Waals surface area contributed by atoms with Gasteiger partial charge in [-0.05, 0) is 25.2 Å². The smallest absolute Gasteiger partial charge is 0.440 e. The maximum Gasteiger partial charge on any atom is 0.440 e. The second kappa shape index (κ2) is 13.1. The average molecular weight is 657 g/mol. The predicted octanol–water partition coefficient (Wildman–Crippen LogP) is 2.08. The average Bonchev–Trinajstić information content (AvgIpc) is 3.52. The SMILES string of the molecule is CC(=O)SCCSP(=O)(OCc1oc(-n2cc(C)c(=O)[nH]c2=O)cc1O)Oc1cc(-n2cc(C)c(=O)[nH]c2=O)oc1CO. The molecule has 1 unspecified atom stereocenters. The lowest BCUT2D eigenvalue weighted by Crippen LogP contribution is -2.29. The summed E-state index contributed by atoms with van der Waals surface area (Å²) in [6, 6.07) is 2.26. The lowest BCUT2D eigenvalue weighted by atomic mass is 10.4. The molecule has 19 heteroatoms. The van der Waals surface area contributed by atoms with Crippen molar-refractivity contribution in [3.8, 4) is 23.3 Å². The van der Waals surface area contributed by atoms with Crippen LogP contribution in [0.1, 0.15) is 29.6 Å². The Hall–Kier alpha value is -3.96. The zero-order valence-corrected chi connectivity index (χ0v) is 25.3. The molecule has 0 aliphatic rings. The van der Waals surface area contributed by atoms with Gasteiger partial charge in [0.2, 0.25) is 11.8 Å². The van der Waals surface area contributed by atoms with Gasteiger partial charge >= 0.3 is 18.2 Å². The minimum absolute atomic E-state index is 0.112. The molecule has 0 spiro atoms. The van der Waals surface area contributed by atoms with E-state index < -0.39 is 48.3 Å². The van der Waals surface area contributed by atoms with Gasteiger partial charge in [-0.3, -0.25) is 28.9 Å². The summed E-state index contributed by atoms with van der Waals surface area (Å²) in [6.07, 6.45) is 2.42. The van der Waals surface area contributed by atoms with E-state index in [-0.39, 0.29) is 56.8 Å². The number of aryl methyl sites for hydroxylation is 2. The Morgan fingerprint density at radius 1 is 0.953 bits per heavy atom. The van der Waals surface area contributed by atoms with Crippen molar-refractivity contribution in [3.05, 3.63) is 88.8 Å². The second-order valence-corrected chi connectivity index (χ2v) is 14.2. The van der Waals surface area contributed by atoms with Crippen LogP contribution in [0, 0.1) is 13.8 Å². The topological polar surface area (TPSA) is 229 Å². The van der Waals surface area contributed by atoms with Crippen LogP contribution in [-0.2, 0) is 27.1 Å². The Kier molecular flexibility index (Phi) is 9.76. The lowest BCUT2D eigenvalue weighted by Gasteiger charge is -2.17. The molecule has 0 aromatic carbocycles. The number of nitrogens with one attached hydrogen (secondary N) is 2. The first-order chi connectivity index (χ1) is 20.3. The molecule has 16 nitrogen and oxygen atoms in total. The Morgan fingerprint density at radius 3 is 2.07 bits per heavy atom. The van der Waals surface area contributed by atoms with E-state index in [4.69, 9.17) is 17.9 Å². The van der Waals surface area contributed by atoms with Crippen LogP contribution in [-0.4, -0.2) is 45.9 Å². The largest absolute Gasteiger partial charge is 0.504 e. The van der Waals surface area contributed by atoms with Gasteiger partial charge in [0.15, 0.2) is 28.1 Å². The summed E-state index contributed by atoms with van der Waals surface area (Å²) < 4.78 is 38.0. The van der Waals surface area contributed by atoms with Crippen LogP contribution in [0.25, 0.3) is 11.8 Å². The number of hydrogen-bond donors (Lipinski definition) is 4. The number of aromatic nitrogens is 4. The number of carbonyl (C=O) groups excluding carboxylic acids is 1. The molecule has 43 heavy (non-hydrogen) atoms. The Bertz CT molecular complexity index is 1950. The van der Waals surface area contributed by atoms with Gasteiger partial charge in [-0.2, -0.15) is 0 Å². The van der Waals surface area contributed by atoms with Gasteiger partial charge in [0.1, 0.15) is 13.2 Å². The molecule has 4 aromatic rings. The van der Waals surface area contributed by atoms with Gasteiger partial charge < -0.3 is 23.6 Å². The van der Waals surface area contributed by atoms with Crippen molar-refractivity contribution < 1.29 is 37.5 Å². The number of aromatic amines is 2. The van der Waals surface area contributed by atoms with Crippen LogP contribution < -0.4 is 27.0 Å². The van der Waals surface area contributed by atoms with E-state index in [0.717, 1.165) is 27.0 Å². The Labute approximate surface area is 248 Å². The number of carbonyl (C=O) groups is 1. The fourth-order valence-corrected chi connectivity index (χ4v) is 7.59. The number of thioether (sulfide) groups is 1. The Morgan fingerprint density at radius 2 is 1.51 bits per heavy atom. The van der Waals surface area contributed by atoms with Crippen LogP contribution in [0.3, 0.4) is 0 Å². The monoisotopic (exact) mass is 656 g/mol. The third-order valence-electron chi connectivity index (χ3n) is 5.59. The summed E-state index contributed by atoms with van der Waals surface area (Å²) in [5, 5.41) is 20.1. The number of rotatable bonds is 12. The fraction of sp³-hybridized carbons (Fsp3) is 0.292. The lowest BCUT2D eigenvalue weighted by molar-refractivity contribution is -0.109. The van der Waals surface area contributed by atoms with Crippen molar-refractivity contribution >= 4 is 35.1 Å². The number of furan rings is 2. The maximum absolute atomic E-state index is 13.9. The summed E-state index contributed by atoms with van der Waals surface area (Å²) in [5.41, 5.74) is -2.47. The number of aromatic hydroxyl groups is 1. The Balaban J connectivity index is 1.62. The highest BCUT2D eigenvalue weighted by Gasteiger charge is 2.32. The summed E-state index contributed by atoms with van der Waals surface area (Å²) in [4.78, 5) is 63.5. The number of aliphatic hydroxyl groups is 1. The first kappa shape index (κ1) is 32.0. The maximum atomic E-state index is 13.9. The highest BCUT2D eigenvalue weighted by Crippen LogP contribution is 2.61. The third kappa shape index (κ3) is 7.52. The minimum Gasteiger partial charge on any atom is -0.504 e. The van der Waals surface area contributed by atoms with E-state index in [9.17, 15) is 38.8 Å². The van der Waals surface area contributed by atoms with Crippen LogP contribution in [0.2, 0.25) is 0 Å². The van der Waals surface area contributed by atoms with Crippen molar-refractivity contribution in [3.63, 3.8) is 0 Å². The molecule has 230 valence electrons. The van der Waals surface area contributed by atoms with E-state index in [2.05, 4.69) is 9.97 Å². The molecule has 0 amide bonds. The quantitative estimate of drug-likeness (QED) is 0.126. The molecule has 0 radical (unpaired) electrons. The summed E-state index contributed by atoms with van der Waals surface area (Å²) in [5.74, 6) is -1.13. The zero-order valence-electron chi connectivity index (χ0n) is 22.8. The predicted molar refractivity (Wildman–Crippen MR) is 156 cm³/mol. The first-order valence-corrected chi connectivity index (χ1v) is 16.4. The summed E-state index contributed by atoms with van der Waals surface area (Å²) >= 11 is 1.69. The van der Waals surface area contributed by atoms with E-state index in [0.29, 0.717) is 11.4 Å². The van der Waals surface area contributed by atoms with Crippen LogP contribution >= 0.6 is 29.9 Å². The van der Waals surface area contributed by atoms with E-state index in [1.165, 1.54) is 39.2 Å². The van der Waals surface area contributed by atoms with Crippen molar-refractivity contribution in [2.24, 2.45) is 0 Å². The molecule has 0 aliphatic heterocycles. The minimum atomic E-state index is -4.23. The van der Waals surface area contributed by atoms with Crippen molar-refractivity contribution in [1.29, 1.82) is 0 Å². The van der Waals surface area contributed by atoms with Gasteiger partial charge in [-0.25, -0.2) is 23.3 Å². The van der Waals surface area contributed by atoms with Gasteiger partial charge in [0.25, 0.3) is 11.1 Å². The van der Waals surface area contributed by atoms with E-state index in [1.54, 1.807) is 0 Å². The standard InChI is InChI=1S/C24H25N4O12PS2/c1-12-8-27(23(34)25-21(12)32)19-6-15(31)18(39-19)11-37-41(36,43-5-4-42-14(3)30)40-16-7-20(38-17(16)10-29)28-9-13(2)22(33)26-24(28)35/h6-9,29,31H,4-5,10-11H2,1-3H3,(H,25,32,34)(H,26,33,35). The number of hydrogen-bond acceptors (Lipinski definition) is 14. The first-order valence-electron chi connectivity index (χ1n) is 12.2. The molecule has 1 atom stereocenters. The summed E-state index contributed by atoms with van der Waals surface area (Å²) in [6.45, 7) is -1.28. The van der Waals surface area contributed by atoms with Crippen molar-refractivity contribution in [2.75, 3.05) is 11.5 Å². The van der Waals surface area contributed by atoms with Gasteiger partial charge in [-0.1, -0.05) is 11.8 Å². The highest BCUT2D eigenvalue weighted by molar-refractivity contribution is 8.55. The molecule has 4 aromatic heterocycles. The number of H-pyrrole nitrogens is 2. The fourth-order valence-electron chi connectivity index (χ4n) is 3.48. The van der Waals surface area contributed by atoms with Gasteiger partial charge in [-0.15, -0.1) is 0 Å². The van der Waals surface area contributed by atoms with Crippen LogP contribution in [0.15, 0.2) is 52.5 Å². The van der Waals surface area contributed by atoms with E-state index >= 15 is 0 Å². The molecule has 4 N–H and O–H groups in total. The third-order valence-corrected chi connectivity index (χ3v) is 10.3. The normalized spacial score (nSPS) is 12.7. The molecule has 4 heterocycles. The summed E-state index contributed by atoms with van der Waals surface area (Å²) in [7, 11) is 0. The van der Waals surface area contributed by atoms with Gasteiger partial charge in [0.05, 0.1) is 0 Å². The van der Waals surface area contributed by atoms with Crippen LogP contribution in [0.5, 0.6) is 11.5 Å². The zero-order chi connectivity index (χ0) is 31.5. The molecular weight excluding hydrogens is 631 g/mol. The molecule has 0 saturated heterocycles. The van der Waals surface area contributed by atoms with Crippen LogP contribution in [0.4, 0.5) is 0 Å². The molecule has 0 bridgehead atoms. The number of nitrogens with zero attached hydrogens (tertiary/aromatic N) is 2. The van der Waals surface area contributed by atoms with Gasteiger partial charge in [0, 0.05) is 54.1 Å². The molecule has 0 saturated carbocycles. The number of aliphatic hydroxyl groups excluding tert-OH is 1. The molecule has 4 rings (SSSR count). The molecular formula is C24H25N4O12PS2. The molecule has 0 fully saturated rings. The van der Waals surface area contributed by atoms with E-state index in [1.807, 2.05) is 0 Å². The van der Waals surface area contributed by atoms with Crippen molar-refractivity contribution in [1.82, 2.24) is 19.1 Å². The van der Waals surface area contributed by atoms with Crippen molar-refractivity contribution in [2.45, 2.75) is 34.0 Å². The second-order valence-electron chi connectivity index (χ2n) is 8.79.